The van der Waals surface area contributed by atoms with Crippen LogP contribution in [0.4, 0.5) is 5.69 Å². The smallest absolute Gasteiger partial charge is 0.398 e. The van der Waals surface area contributed by atoms with Gasteiger partial charge in [-0.05, 0) is 49.9 Å². The van der Waals surface area contributed by atoms with Crippen LogP contribution in [0.25, 0.3) is 10.2 Å². The summed E-state index contributed by atoms with van der Waals surface area (Å²) in [7, 11) is 0. The Kier molecular flexibility index (Phi) is 41.4. The van der Waals surface area contributed by atoms with Gasteiger partial charge >= 0.3 is 34.1 Å². The van der Waals surface area contributed by atoms with Crippen LogP contribution in [0.15, 0.2) is 53.4 Å². The van der Waals surface area contributed by atoms with E-state index < -0.39 is 0 Å². The minimum Gasteiger partial charge on any atom is -0.398 e. The van der Waals surface area contributed by atoms with Crippen LogP contribution in [0, 0.1) is 35.6 Å². The van der Waals surface area contributed by atoms with Gasteiger partial charge in [-0.15, -0.1) is 24.0 Å². The molecule has 0 spiro atoms. The molecule has 0 unspecified atom stereocenters. The fourth-order valence-electron chi connectivity index (χ4n) is 5.59. The second-order valence-electron chi connectivity index (χ2n) is 11.3. The number of carbonyl (C=O) groups is 1. The van der Waals surface area contributed by atoms with Crippen LogP contribution in [-0.4, -0.2) is 11.3 Å². The quantitative estimate of drug-likeness (QED) is 0.0893. The summed E-state index contributed by atoms with van der Waals surface area (Å²) in [6.45, 7) is 0. The van der Waals surface area contributed by atoms with Gasteiger partial charge in [-0.2, -0.15) is 0 Å². The number of anilines is 1. The summed E-state index contributed by atoms with van der Waals surface area (Å²) >= 11 is 5.96. The summed E-state index contributed by atoms with van der Waals surface area (Å²) in [5, 5.41) is 1.36. The monoisotopic (exact) mass is 794 g/mol. The molecule has 3 nitrogen and oxygen atoms in total. The van der Waals surface area contributed by atoms with Gasteiger partial charge in [-0.1, -0.05) is 114 Å². The number of benzene rings is 2. The van der Waals surface area contributed by atoms with E-state index in [9.17, 15) is 4.79 Å². The predicted octanol–water partition coefficient (Wildman–Crippen LogP) is 12.6. The first-order valence-electron chi connectivity index (χ1n) is 15.5. The molecule has 46 heavy (non-hydrogen) atoms. The van der Waals surface area contributed by atoms with Crippen molar-refractivity contribution in [3.63, 3.8) is 0 Å². The minimum absolute atomic E-state index is 0. The third kappa shape index (κ3) is 22.4. The second kappa shape index (κ2) is 34.6. The summed E-state index contributed by atoms with van der Waals surface area (Å²) in [4.78, 5) is 15.6. The van der Waals surface area contributed by atoms with Gasteiger partial charge in [0.1, 0.15) is 6.29 Å². The summed E-state index contributed by atoms with van der Waals surface area (Å²) in [5.74, 6) is 1.17. The normalized spacial score (nSPS) is 15.8. The predicted molar refractivity (Wildman–Crippen MR) is 199 cm³/mol. The maximum Gasteiger partial charge on any atom is 2.00 e. The Hall–Kier alpha value is -0.292. The Bertz CT molecular complexity index is 984. The van der Waals surface area contributed by atoms with Crippen LogP contribution in [-0.2, 0) is 56.0 Å². The summed E-state index contributed by atoms with van der Waals surface area (Å²) < 4.78 is 1.34. The number of hydrogen-bond donors (Lipinski definition) is 2. The maximum absolute atomic E-state index is 10.0. The van der Waals surface area contributed by atoms with E-state index in [1.54, 1.807) is 0 Å². The molecule has 4 aliphatic carbocycles. The number of carbonyl (C=O) groups excluding carboxylic acids is 1. The van der Waals surface area contributed by atoms with Crippen LogP contribution < -0.4 is 5.73 Å². The van der Waals surface area contributed by atoms with Gasteiger partial charge in [0, 0.05) is 39.5 Å². The zero-order valence-corrected chi connectivity index (χ0v) is 34.0. The molecule has 1 aromatic heterocycles. The molecule has 4 saturated carbocycles. The van der Waals surface area contributed by atoms with E-state index in [1.165, 1.54) is 118 Å². The van der Waals surface area contributed by atoms with Crippen LogP contribution in [0.5, 0.6) is 0 Å². The second-order valence-corrected chi connectivity index (χ2v) is 12.8. The number of thiazole rings is 1. The Morgan fingerprint density at radius 1 is 0.652 bits per heavy atom. The first-order valence-corrected chi connectivity index (χ1v) is 16.8. The molecule has 7 rings (SSSR count). The van der Waals surface area contributed by atoms with E-state index in [0.29, 0.717) is 5.92 Å². The topological polar surface area (TPSA) is 56.0 Å². The summed E-state index contributed by atoms with van der Waals surface area (Å²) in [6.07, 6.45) is 26.4. The van der Waals surface area contributed by atoms with Crippen molar-refractivity contribution in [2.45, 2.75) is 126 Å². The largest absolute Gasteiger partial charge is 2.00 e. The Morgan fingerprint density at radius 2 is 1.07 bits per heavy atom. The van der Waals surface area contributed by atoms with Crippen LogP contribution >= 0.6 is 24.0 Å². The summed E-state index contributed by atoms with van der Waals surface area (Å²) in [6, 6.07) is 15.9. The standard InChI is InChI=1S/C12H13NS.C6H7NS.C6H10O.2C5H10.4CH3.3Fe/c1-2-6-9(5-1)12-13-10-7-3-4-8-11(10)14-12;7-5-3-1-2-4-6(5)8;7-5-6-3-1-2-4-6;2*1-2-4-5-3-1;;;;;;;/h3-4,7-9H,1-2,5-6H2;1-4,8H,7H2;5-6H,1-4H2;2*1-5H2;4*1H3;;;/q;;;;;4*-1;;2*+2. The number of nitrogens with zero attached hydrogens (tertiary/aromatic N) is 1. The van der Waals surface area contributed by atoms with Gasteiger partial charge in [0.25, 0.3) is 0 Å². The van der Waals surface area contributed by atoms with E-state index >= 15 is 0 Å². The molecule has 8 heteroatoms. The molecule has 266 valence electrons. The molecule has 3 aromatic rings. The van der Waals surface area contributed by atoms with Crippen molar-refractivity contribution in [3.05, 3.63) is 83.2 Å². The molecule has 0 saturated heterocycles. The van der Waals surface area contributed by atoms with E-state index in [4.69, 9.17) is 10.7 Å². The van der Waals surface area contributed by atoms with Gasteiger partial charge in [-0.25, -0.2) is 4.98 Å². The number of hydrogen-bond acceptors (Lipinski definition) is 5. The molecule has 0 radical (unpaired) electrons. The number of para-hydroxylation sites is 2. The average Bonchev–Trinajstić information content (AvgIpc) is 3.82. The number of aldehydes is 1. The third-order valence-corrected chi connectivity index (χ3v) is 9.65. The van der Waals surface area contributed by atoms with Gasteiger partial charge in [0.05, 0.1) is 15.2 Å². The Labute approximate surface area is 326 Å². The minimum atomic E-state index is 0. The molecule has 4 fully saturated rings. The zero-order chi connectivity index (χ0) is 27.5. The van der Waals surface area contributed by atoms with Crippen molar-refractivity contribution >= 4 is 46.2 Å². The zero-order valence-electron chi connectivity index (χ0n) is 28.9. The van der Waals surface area contributed by atoms with Crippen molar-refractivity contribution in [2.24, 2.45) is 5.92 Å². The molecule has 4 aliphatic rings. The first-order chi connectivity index (χ1) is 19.2. The van der Waals surface area contributed by atoms with Gasteiger partial charge in [0.2, 0.25) is 0 Å². The number of aromatic nitrogens is 1. The molecule has 0 bridgehead atoms. The number of thiol groups is 1. The van der Waals surface area contributed by atoms with Crippen molar-refractivity contribution in [2.75, 3.05) is 5.73 Å². The molecule has 2 aromatic carbocycles. The number of rotatable bonds is 2. The van der Waals surface area contributed by atoms with E-state index in [-0.39, 0.29) is 80.9 Å². The molecular weight excluding hydrogens is 732 g/mol. The molecular formula is C38H62Fe3N2OS2. The van der Waals surface area contributed by atoms with Crippen molar-refractivity contribution < 1.29 is 56.0 Å². The Morgan fingerprint density at radius 3 is 1.43 bits per heavy atom. The third-order valence-electron chi connectivity index (χ3n) is 8.04. The average molecular weight is 795 g/mol. The summed E-state index contributed by atoms with van der Waals surface area (Å²) in [5.41, 5.74) is 7.36. The molecule has 1 heterocycles. The first kappa shape index (κ1) is 55.1. The maximum atomic E-state index is 10.0. The number of nitrogens with two attached hydrogens (primary N) is 1. The molecule has 0 amide bonds. The van der Waals surface area contributed by atoms with Crippen molar-refractivity contribution in [3.8, 4) is 0 Å². The van der Waals surface area contributed by atoms with Crippen molar-refractivity contribution in [1.29, 1.82) is 0 Å². The fraction of sp³-hybridized carbons (Fsp3) is 0.526. The van der Waals surface area contributed by atoms with Crippen LogP contribution in [0.3, 0.4) is 0 Å². The van der Waals surface area contributed by atoms with E-state index in [2.05, 4.69) is 36.9 Å². The van der Waals surface area contributed by atoms with Gasteiger partial charge < -0.3 is 40.2 Å². The number of nitrogen functional groups attached to an aromatic ring is 1. The fourth-order valence-corrected chi connectivity index (χ4v) is 6.88. The molecule has 2 N–H and O–H groups in total. The van der Waals surface area contributed by atoms with E-state index in [0.717, 1.165) is 35.6 Å². The molecule has 0 aliphatic heterocycles. The van der Waals surface area contributed by atoms with E-state index in [1.807, 2.05) is 35.6 Å². The Balaban J connectivity index is -0.000000155. The van der Waals surface area contributed by atoms with Crippen LogP contribution in [0.2, 0.25) is 0 Å². The van der Waals surface area contributed by atoms with Gasteiger partial charge in [0.15, 0.2) is 0 Å². The van der Waals surface area contributed by atoms with Crippen LogP contribution in [0.1, 0.15) is 127 Å². The van der Waals surface area contributed by atoms with Gasteiger partial charge in [-0.3, -0.25) is 0 Å². The van der Waals surface area contributed by atoms with Crippen molar-refractivity contribution in [1.82, 2.24) is 4.98 Å². The SMILES string of the molecule is C1CCCC1.C1CCCC1.Nc1ccccc1S.O=CC1CCCC1.[CH3-].[CH3-].[CH3-].[CH3-].[Fe+2].[Fe+2].[Fe].c1ccc2sc(C3CCCC3)nc2c1. The molecule has 0 atom stereocenters. The number of fused-ring (bicyclic) bond motifs is 1.